The van der Waals surface area contributed by atoms with Crippen molar-refractivity contribution in [2.45, 2.75) is 37.3 Å². The normalized spacial score (nSPS) is 24.2. The third kappa shape index (κ3) is 3.98. The summed E-state index contributed by atoms with van der Waals surface area (Å²) in [5, 5.41) is 10.8. The maximum Gasteiger partial charge on any atom is 0.191 e. The number of guanidine groups is 1. The van der Waals surface area contributed by atoms with Crippen molar-refractivity contribution in [3.63, 3.8) is 0 Å². The predicted molar refractivity (Wildman–Crippen MR) is 107 cm³/mol. The third-order valence-corrected chi connectivity index (χ3v) is 6.15. The van der Waals surface area contributed by atoms with Crippen LogP contribution < -0.4 is 15.5 Å². The van der Waals surface area contributed by atoms with Crippen molar-refractivity contribution in [3.05, 3.63) is 53.4 Å². The van der Waals surface area contributed by atoms with Crippen LogP contribution in [0.2, 0.25) is 0 Å². The highest BCUT2D eigenvalue weighted by atomic mass is 32.1. The minimum absolute atomic E-state index is 0.510. The molecule has 0 bridgehead atoms. The Bertz CT molecular complexity index is 690. The Labute approximate surface area is 154 Å². The number of aliphatic imine (C=N–C) groups is 1. The van der Waals surface area contributed by atoms with E-state index in [0.717, 1.165) is 31.9 Å². The van der Waals surface area contributed by atoms with E-state index in [-0.39, 0.29) is 0 Å². The highest BCUT2D eigenvalue weighted by Crippen LogP contribution is 2.40. The fraction of sp³-hybridized carbons (Fsp3) is 0.450. The van der Waals surface area contributed by atoms with Crippen LogP contribution in [-0.2, 0) is 0 Å². The first-order valence-electron chi connectivity index (χ1n) is 9.17. The molecule has 5 heteroatoms. The van der Waals surface area contributed by atoms with Crippen LogP contribution in [0.3, 0.4) is 0 Å². The summed E-state index contributed by atoms with van der Waals surface area (Å²) in [6, 6.07) is 16.2. The van der Waals surface area contributed by atoms with Crippen molar-refractivity contribution >= 4 is 22.3 Å². The van der Waals surface area contributed by atoms with Crippen molar-refractivity contribution < 1.29 is 0 Å². The van der Waals surface area contributed by atoms with Crippen molar-refractivity contribution in [1.29, 1.82) is 0 Å². The van der Waals surface area contributed by atoms with Crippen molar-refractivity contribution in [2.24, 2.45) is 4.99 Å². The minimum Gasteiger partial charge on any atom is -0.363 e. The monoisotopic (exact) mass is 354 g/mol. The van der Waals surface area contributed by atoms with Gasteiger partial charge in [0.25, 0.3) is 0 Å². The lowest BCUT2D eigenvalue weighted by molar-refractivity contribution is 0.462. The first-order valence-corrected chi connectivity index (χ1v) is 10.0. The maximum absolute atomic E-state index is 4.44. The molecule has 4 rings (SSSR count). The summed E-state index contributed by atoms with van der Waals surface area (Å²) in [4.78, 5) is 6.93. The van der Waals surface area contributed by atoms with Gasteiger partial charge in [0.15, 0.2) is 5.96 Å². The molecular formula is C20H26N4S. The molecule has 2 aliphatic rings. The van der Waals surface area contributed by atoms with E-state index in [1.165, 1.54) is 17.0 Å². The second kappa shape index (κ2) is 7.48. The summed E-state index contributed by atoms with van der Waals surface area (Å²) in [5.74, 6) is 1.58. The van der Waals surface area contributed by atoms with Gasteiger partial charge in [0.1, 0.15) is 0 Å². The molecule has 1 aromatic heterocycles. The highest BCUT2D eigenvalue weighted by molar-refractivity contribution is 7.14. The first kappa shape index (κ1) is 16.5. The smallest absolute Gasteiger partial charge is 0.191 e. The molecule has 0 spiro atoms. The van der Waals surface area contributed by atoms with Crippen molar-refractivity contribution in [2.75, 3.05) is 25.0 Å². The molecule has 1 aliphatic carbocycles. The molecule has 132 valence electrons. The Hall–Kier alpha value is -2.01. The lowest BCUT2D eigenvalue weighted by Gasteiger charge is -2.33. The van der Waals surface area contributed by atoms with Crippen LogP contribution in [0.4, 0.5) is 5.00 Å². The zero-order chi connectivity index (χ0) is 17.1. The molecule has 25 heavy (non-hydrogen) atoms. The number of nitrogens with one attached hydrogen (secondary N) is 2. The van der Waals surface area contributed by atoms with Gasteiger partial charge in [-0.2, -0.15) is 0 Å². The van der Waals surface area contributed by atoms with Crippen LogP contribution >= 0.6 is 11.3 Å². The number of benzene rings is 1. The molecule has 2 atom stereocenters. The van der Waals surface area contributed by atoms with Gasteiger partial charge in [0.05, 0.1) is 5.00 Å². The van der Waals surface area contributed by atoms with Gasteiger partial charge in [-0.1, -0.05) is 30.3 Å². The molecule has 2 heterocycles. The van der Waals surface area contributed by atoms with Gasteiger partial charge in [-0.05, 0) is 42.3 Å². The second-order valence-electron chi connectivity index (χ2n) is 6.93. The van der Waals surface area contributed by atoms with E-state index < -0.39 is 0 Å². The summed E-state index contributed by atoms with van der Waals surface area (Å²) in [6.07, 6.45) is 3.51. The number of hydrogen-bond acceptors (Lipinski definition) is 3. The van der Waals surface area contributed by atoms with E-state index in [1.54, 1.807) is 0 Å². The van der Waals surface area contributed by atoms with E-state index in [1.807, 2.05) is 18.4 Å². The molecule has 1 aromatic carbocycles. The van der Waals surface area contributed by atoms with Gasteiger partial charge in [0.2, 0.25) is 0 Å². The van der Waals surface area contributed by atoms with Gasteiger partial charge in [-0.15, -0.1) is 11.3 Å². The van der Waals surface area contributed by atoms with Gasteiger partial charge in [0, 0.05) is 38.1 Å². The van der Waals surface area contributed by atoms with E-state index in [4.69, 9.17) is 0 Å². The second-order valence-corrected chi connectivity index (χ2v) is 7.86. The van der Waals surface area contributed by atoms with Crippen molar-refractivity contribution in [1.82, 2.24) is 10.6 Å². The molecule has 2 N–H and O–H groups in total. The number of hydrogen-bond donors (Lipinski definition) is 2. The average molecular weight is 355 g/mol. The van der Waals surface area contributed by atoms with Gasteiger partial charge in [-0.25, -0.2) is 0 Å². The topological polar surface area (TPSA) is 39.7 Å². The van der Waals surface area contributed by atoms with E-state index >= 15 is 0 Å². The van der Waals surface area contributed by atoms with Crippen LogP contribution in [0.1, 0.15) is 30.7 Å². The number of nitrogens with zero attached hydrogens (tertiary/aromatic N) is 2. The summed E-state index contributed by atoms with van der Waals surface area (Å²) in [6.45, 7) is 2.23. The molecule has 1 saturated carbocycles. The molecule has 0 radical (unpaired) electrons. The van der Waals surface area contributed by atoms with Crippen LogP contribution in [0, 0.1) is 0 Å². The van der Waals surface area contributed by atoms with Crippen LogP contribution in [0.5, 0.6) is 0 Å². The van der Waals surface area contributed by atoms with E-state index in [9.17, 15) is 0 Å². The molecule has 0 amide bonds. The fourth-order valence-corrected chi connectivity index (χ4v) is 4.44. The largest absolute Gasteiger partial charge is 0.363 e. The van der Waals surface area contributed by atoms with Crippen LogP contribution in [0.15, 0.2) is 52.8 Å². The SMILES string of the molecule is CN=C(NC1CCN(c2cccs2)CC1)NC1CC1c1ccccc1. The van der Waals surface area contributed by atoms with Gasteiger partial charge < -0.3 is 15.5 Å². The van der Waals surface area contributed by atoms with Gasteiger partial charge >= 0.3 is 0 Å². The lowest BCUT2D eigenvalue weighted by atomic mass is 10.1. The summed E-state index contributed by atoms with van der Waals surface area (Å²) in [7, 11) is 1.87. The Morgan fingerprint density at radius 2 is 1.88 bits per heavy atom. The zero-order valence-electron chi connectivity index (χ0n) is 14.7. The average Bonchev–Trinajstić information content (AvgIpc) is 3.21. The number of thiophene rings is 1. The van der Waals surface area contributed by atoms with E-state index in [0.29, 0.717) is 18.0 Å². The van der Waals surface area contributed by atoms with Crippen LogP contribution in [0.25, 0.3) is 0 Å². The highest BCUT2D eigenvalue weighted by Gasteiger charge is 2.39. The standard InChI is InChI=1S/C20H26N4S/c1-21-20(23-18-14-17(18)15-6-3-2-4-7-15)22-16-9-11-24(12-10-16)19-8-5-13-25-19/h2-8,13,16-18H,9-12,14H2,1H3,(H2,21,22,23). The van der Waals surface area contributed by atoms with E-state index in [2.05, 4.69) is 68.4 Å². The minimum atomic E-state index is 0.510. The lowest BCUT2D eigenvalue weighted by Crippen LogP contribution is -2.49. The number of rotatable bonds is 4. The maximum atomic E-state index is 4.44. The van der Waals surface area contributed by atoms with Gasteiger partial charge in [-0.3, -0.25) is 4.99 Å². The molecular weight excluding hydrogens is 328 g/mol. The predicted octanol–water partition coefficient (Wildman–Crippen LogP) is 3.44. The molecule has 1 aliphatic heterocycles. The number of piperidine rings is 1. The molecule has 1 saturated heterocycles. The first-order chi connectivity index (χ1) is 12.3. The Balaban J connectivity index is 1.25. The van der Waals surface area contributed by atoms with Crippen LogP contribution in [-0.4, -0.2) is 38.2 Å². The number of anilines is 1. The zero-order valence-corrected chi connectivity index (χ0v) is 15.5. The molecule has 2 fully saturated rings. The third-order valence-electron chi connectivity index (χ3n) is 5.22. The summed E-state index contributed by atoms with van der Waals surface area (Å²) in [5.41, 5.74) is 1.43. The Morgan fingerprint density at radius 3 is 2.56 bits per heavy atom. The fourth-order valence-electron chi connectivity index (χ4n) is 3.66. The van der Waals surface area contributed by atoms with Crippen molar-refractivity contribution in [3.8, 4) is 0 Å². The molecule has 2 aromatic rings. The summed E-state index contributed by atoms with van der Waals surface area (Å²) >= 11 is 1.83. The quantitative estimate of drug-likeness (QED) is 0.653. The summed E-state index contributed by atoms with van der Waals surface area (Å²) < 4.78 is 0. The Morgan fingerprint density at radius 1 is 1.08 bits per heavy atom. The Kier molecular flexibility index (Phi) is 4.92. The molecule has 2 unspecified atom stereocenters. The molecule has 4 nitrogen and oxygen atoms in total.